The predicted molar refractivity (Wildman–Crippen MR) is 80.0 cm³/mol. The Kier molecular flexibility index (Phi) is 4.15. The molecule has 1 aliphatic rings. The number of fused-ring (bicyclic) bond motifs is 1. The van der Waals surface area contributed by atoms with E-state index in [2.05, 4.69) is 0 Å². The zero-order chi connectivity index (χ0) is 13.9. The third-order valence-electron chi connectivity index (χ3n) is 3.18. The van der Waals surface area contributed by atoms with E-state index < -0.39 is 6.10 Å². The average molecular weight is 311 g/mol. The van der Waals surface area contributed by atoms with E-state index in [0.717, 1.165) is 26.9 Å². The van der Waals surface area contributed by atoms with Crippen LogP contribution in [0.25, 0.3) is 0 Å². The minimum Gasteiger partial charge on any atom is -0.490 e. The molecule has 20 heavy (non-hydrogen) atoms. The van der Waals surface area contributed by atoms with Crippen molar-refractivity contribution < 1.29 is 14.6 Å². The van der Waals surface area contributed by atoms with Crippen LogP contribution in [-0.4, -0.2) is 18.3 Å². The maximum absolute atomic E-state index is 10.3. The Morgan fingerprint density at radius 3 is 2.70 bits per heavy atom. The van der Waals surface area contributed by atoms with Crippen molar-refractivity contribution in [2.75, 3.05) is 13.2 Å². The van der Waals surface area contributed by atoms with Gasteiger partial charge in [0, 0.05) is 17.7 Å². The number of hydrogen-bond donors (Lipinski definition) is 1. The van der Waals surface area contributed by atoms with Crippen LogP contribution in [0.1, 0.15) is 23.0 Å². The Bertz CT molecular complexity index is 597. The Balaban J connectivity index is 1.77. The molecule has 0 saturated carbocycles. The van der Waals surface area contributed by atoms with Gasteiger partial charge in [0.15, 0.2) is 11.5 Å². The predicted octanol–water partition coefficient (Wildman–Crippen LogP) is 3.84. The lowest BCUT2D eigenvalue weighted by atomic mass is 10.1. The smallest absolute Gasteiger partial charge is 0.161 e. The van der Waals surface area contributed by atoms with Gasteiger partial charge in [-0.25, -0.2) is 0 Å². The van der Waals surface area contributed by atoms with E-state index in [-0.39, 0.29) is 0 Å². The monoisotopic (exact) mass is 310 g/mol. The molecule has 3 rings (SSSR count). The normalized spacial score (nSPS) is 15.7. The molecule has 0 saturated heterocycles. The SMILES string of the molecule is OC(Cc1ccc(Cl)s1)c1ccc2c(c1)OCCCO2. The molecular weight excluding hydrogens is 296 g/mol. The van der Waals surface area contributed by atoms with E-state index in [4.69, 9.17) is 21.1 Å². The summed E-state index contributed by atoms with van der Waals surface area (Å²) in [6.07, 6.45) is 0.860. The Morgan fingerprint density at radius 1 is 1.15 bits per heavy atom. The molecule has 0 radical (unpaired) electrons. The van der Waals surface area contributed by atoms with Gasteiger partial charge in [0.1, 0.15) is 0 Å². The van der Waals surface area contributed by atoms with Crippen LogP contribution >= 0.6 is 22.9 Å². The van der Waals surface area contributed by atoms with E-state index in [1.165, 1.54) is 11.3 Å². The highest BCUT2D eigenvalue weighted by atomic mass is 35.5. The largest absolute Gasteiger partial charge is 0.490 e. The lowest BCUT2D eigenvalue weighted by Gasteiger charge is -2.13. The molecule has 3 nitrogen and oxygen atoms in total. The van der Waals surface area contributed by atoms with E-state index in [1.54, 1.807) is 0 Å². The van der Waals surface area contributed by atoms with Gasteiger partial charge in [-0.1, -0.05) is 17.7 Å². The number of rotatable bonds is 3. The lowest BCUT2D eigenvalue weighted by molar-refractivity contribution is 0.179. The van der Waals surface area contributed by atoms with E-state index in [9.17, 15) is 5.11 Å². The van der Waals surface area contributed by atoms with Crippen LogP contribution in [0.4, 0.5) is 0 Å². The zero-order valence-corrected chi connectivity index (χ0v) is 12.4. The maximum atomic E-state index is 10.3. The van der Waals surface area contributed by atoms with Crippen LogP contribution in [0.2, 0.25) is 4.34 Å². The highest BCUT2D eigenvalue weighted by Gasteiger charge is 2.15. The van der Waals surface area contributed by atoms with E-state index >= 15 is 0 Å². The van der Waals surface area contributed by atoms with Gasteiger partial charge in [-0.15, -0.1) is 11.3 Å². The van der Waals surface area contributed by atoms with Crippen molar-refractivity contribution in [2.45, 2.75) is 18.9 Å². The van der Waals surface area contributed by atoms with Crippen LogP contribution in [0, 0.1) is 0 Å². The molecule has 5 heteroatoms. The van der Waals surface area contributed by atoms with Crippen molar-refractivity contribution in [3.05, 3.63) is 45.1 Å². The lowest BCUT2D eigenvalue weighted by Crippen LogP contribution is -2.01. The molecule has 1 N–H and O–H groups in total. The van der Waals surface area contributed by atoms with Gasteiger partial charge in [0.05, 0.1) is 23.7 Å². The second-order valence-corrected chi connectivity index (χ2v) is 6.48. The number of halogens is 1. The first-order valence-electron chi connectivity index (χ1n) is 6.54. The van der Waals surface area contributed by atoms with Crippen LogP contribution in [0.5, 0.6) is 11.5 Å². The summed E-state index contributed by atoms with van der Waals surface area (Å²) in [6.45, 7) is 1.32. The third kappa shape index (κ3) is 3.08. The molecule has 0 aliphatic carbocycles. The molecule has 1 aliphatic heterocycles. The van der Waals surface area contributed by atoms with Gasteiger partial charge in [0.2, 0.25) is 0 Å². The molecule has 1 aromatic heterocycles. The fourth-order valence-electron chi connectivity index (χ4n) is 2.16. The fraction of sp³-hybridized carbons (Fsp3) is 0.333. The average Bonchev–Trinajstić information content (AvgIpc) is 2.72. The van der Waals surface area contributed by atoms with Gasteiger partial charge < -0.3 is 14.6 Å². The minimum absolute atomic E-state index is 0.553. The molecule has 106 valence electrons. The number of thiophene rings is 1. The zero-order valence-electron chi connectivity index (χ0n) is 10.8. The van der Waals surface area contributed by atoms with Gasteiger partial charge in [-0.3, -0.25) is 0 Å². The van der Waals surface area contributed by atoms with Gasteiger partial charge >= 0.3 is 0 Å². The molecule has 2 heterocycles. The highest BCUT2D eigenvalue weighted by Crippen LogP contribution is 2.34. The number of ether oxygens (including phenoxy) is 2. The maximum Gasteiger partial charge on any atom is 0.161 e. The van der Waals surface area contributed by atoms with Crippen molar-refractivity contribution in [1.82, 2.24) is 0 Å². The number of aliphatic hydroxyl groups excluding tert-OH is 1. The van der Waals surface area contributed by atoms with Crippen LogP contribution in [0.15, 0.2) is 30.3 Å². The number of benzene rings is 1. The molecule has 1 unspecified atom stereocenters. The van der Waals surface area contributed by atoms with E-state index in [0.29, 0.717) is 25.4 Å². The molecule has 0 fully saturated rings. The molecule has 1 aromatic carbocycles. The summed E-state index contributed by atoms with van der Waals surface area (Å²) in [6, 6.07) is 9.40. The Hall–Kier alpha value is -1.23. The number of hydrogen-bond acceptors (Lipinski definition) is 4. The molecule has 1 atom stereocenters. The standard InChI is InChI=1S/C15H15ClO3S/c16-15-5-3-11(20-15)9-12(17)10-2-4-13-14(8-10)19-7-1-6-18-13/h2-5,8,12,17H,1,6-7,9H2. The van der Waals surface area contributed by atoms with Crippen molar-refractivity contribution in [3.8, 4) is 11.5 Å². The summed E-state index contributed by atoms with van der Waals surface area (Å²) < 4.78 is 12.0. The summed E-state index contributed by atoms with van der Waals surface area (Å²) in [5, 5.41) is 10.3. The number of aliphatic hydroxyl groups is 1. The summed E-state index contributed by atoms with van der Waals surface area (Å²) >= 11 is 7.40. The third-order valence-corrected chi connectivity index (χ3v) is 4.43. The summed E-state index contributed by atoms with van der Waals surface area (Å²) in [5.41, 5.74) is 0.832. The molecule has 0 amide bonds. The summed E-state index contributed by atoms with van der Waals surface area (Å²) in [5.74, 6) is 1.46. The van der Waals surface area contributed by atoms with Crippen molar-refractivity contribution in [3.63, 3.8) is 0 Å². The van der Waals surface area contributed by atoms with Crippen molar-refractivity contribution >= 4 is 22.9 Å². The van der Waals surface area contributed by atoms with Crippen molar-refractivity contribution in [2.24, 2.45) is 0 Å². The Labute approximate surface area is 126 Å². The molecular formula is C15H15ClO3S. The molecule has 2 aromatic rings. The minimum atomic E-state index is -0.568. The van der Waals surface area contributed by atoms with Crippen LogP contribution < -0.4 is 9.47 Å². The topological polar surface area (TPSA) is 38.7 Å². The molecule has 0 spiro atoms. The first kappa shape index (κ1) is 13.7. The van der Waals surface area contributed by atoms with Crippen LogP contribution in [0.3, 0.4) is 0 Å². The fourth-order valence-corrected chi connectivity index (χ4v) is 3.28. The quantitative estimate of drug-likeness (QED) is 0.936. The van der Waals surface area contributed by atoms with Gasteiger partial charge in [-0.05, 0) is 29.8 Å². The summed E-state index contributed by atoms with van der Waals surface area (Å²) in [4.78, 5) is 1.06. The molecule has 0 bridgehead atoms. The second-order valence-electron chi connectivity index (χ2n) is 4.68. The van der Waals surface area contributed by atoms with Crippen LogP contribution in [-0.2, 0) is 6.42 Å². The van der Waals surface area contributed by atoms with Gasteiger partial charge in [-0.2, -0.15) is 0 Å². The van der Waals surface area contributed by atoms with Gasteiger partial charge in [0.25, 0.3) is 0 Å². The van der Waals surface area contributed by atoms with Crippen molar-refractivity contribution in [1.29, 1.82) is 0 Å². The van der Waals surface area contributed by atoms with E-state index in [1.807, 2.05) is 30.3 Å². The highest BCUT2D eigenvalue weighted by molar-refractivity contribution is 7.16. The first-order valence-corrected chi connectivity index (χ1v) is 7.73. The summed E-state index contributed by atoms with van der Waals surface area (Å²) in [7, 11) is 0. The first-order chi connectivity index (χ1) is 9.72. The second kappa shape index (κ2) is 6.04. The Morgan fingerprint density at radius 2 is 1.95 bits per heavy atom.